The van der Waals surface area contributed by atoms with Gasteiger partial charge in [-0.05, 0) is 18.2 Å². The lowest BCUT2D eigenvalue weighted by molar-refractivity contribution is 0.0940. The number of nitrogens with zero attached hydrogens (tertiary/aromatic N) is 2. The second kappa shape index (κ2) is 5.62. The maximum Gasteiger partial charge on any atom is 0.258 e. The molecule has 2 aromatic rings. The number of aromatic nitrogens is 1. The number of nitrogens with one attached hydrogen (secondary N) is 2. The van der Waals surface area contributed by atoms with Crippen molar-refractivity contribution in [2.45, 2.75) is 6.29 Å². The minimum Gasteiger partial charge on any atom is -0.496 e. The molecule has 0 saturated carbocycles. The van der Waals surface area contributed by atoms with Gasteiger partial charge in [-0.25, -0.2) is 4.99 Å². The highest BCUT2D eigenvalue weighted by Gasteiger charge is 2.18. The summed E-state index contributed by atoms with van der Waals surface area (Å²) < 4.78 is 5.18. The summed E-state index contributed by atoms with van der Waals surface area (Å²) in [6, 6.07) is 8.90. The number of anilines is 1. The number of amides is 1. The number of carbonyl (C=O) groups is 1. The van der Waals surface area contributed by atoms with Crippen LogP contribution in [0.2, 0.25) is 0 Å². The molecule has 1 aromatic heterocycles. The fraction of sp³-hybridized carbons (Fsp3) is 0.133. The van der Waals surface area contributed by atoms with Crippen molar-refractivity contribution in [2.24, 2.45) is 4.99 Å². The average molecular weight is 282 g/mol. The highest BCUT2D eigenvalue weighted by atomic mass is 16.5. The van der Waals surface area contributed by atoms with Gasteiger partial charge in [-0.3, -0.25) is 9.78 Å². The van der Waals surface area contributed by atoms with Crippen LogP contribution in [0.5, 0.6) is 5.75 Å². The first-order chi connectivity index (χ1) is 10.3. The third-order valence-corrected chi connectivity index (χ3v) is 3.13. The maximum absolute atomic E-state index is 12.3. The number of rotatable bonds is 3. The summed E-state index contributed by atoms with van der Waals surface area (Å²) >= 11 is 0. The quantitative estimate of drug-likeness (QED) is 0.897. The molecule has 3 rings (SSSR count). The van der Waals surface area contributed by atoms with E-state index >= 15 is 0 Å². The van der Waals surface area contributed by atoms with Crippen LogP contribution in [-0.4, -0.2) is 30.5 Å². The van der Waals surface area contributed by atoms with Crippen molar-refractivity contribution in [3.05, 3.63) is 53.9 Å². The second-order valence-corrected chi connectivity index (χ2v) is 4.46. The van der Waals surface area contributed by atoms with E-state index in [2.05, 4.69) is 20.6 Å². The topological polar surface area (TPSA) is 75.6 Å². The molecule has 0 spiro atoms. The summed E-state index contributed by atoms with van der Waals surface area (Å²) in [5.74, 6) is 0.270. The normalized spacial score (nSPS) is 15.8. The molecule has 6 nitrogen and oxygen atoms in total. The SMILES string of the molecule is COc1ccccc1C(=O)NC1N=Cc2ccncc2N1. The van der Waals surface area contributed by atoms with Crippen LogP contribution in [0.1, 0.15) is 15.9 Å². The van der Waals surface area contributed by atoms with Gasteiger partial charge < -0.3 is 15.4 Å². The first-order valence-electron chi connectivity index (χ1n) is 6.45. The monoisotopic (exact) mass is 282 g/mol. The number of carbonyl (C=O) groups excluding carboxylic acids is 1. The number of pyridine rings is 1. The standard InChI is InChI=1S/C15H14N4O2/c1-21-13-5-3-2-4-11(13)14(20)19-15-17-8-10-6-7-16-9-12(10)18-15/h2-9,15,18H,1H3,(H,19,20). The van der Waals surface area contributed by atoms with Crippen molar-refractivity contribution in [2.75, 3.05) is 12.4 Å². The Labute approximate surface area is 121 Å². The number of ether oxygens (including phenoxy) is 1. The fourth-order valence-electron chi connectivity index (χ4n) is 2.09. The van der Waals surface area contributed by atoms with Crippen molar-refractivity contribution in [1.29, 1.82) is 0 Å². The zero-order valence-electron chi connectivity index (χ0n) is 11.4. The van der Waals surface area contributed by atoms with Gasteiger partial charge in [0, 0.05) is 18.0 Å². The Balaban J connectivity index is 1.75. The third kappa shape index (κ3) is 2.69. The van der Waals surface area contributed by atoms with Crippen LogP contribution in [0.25, 0.3) is 0 Å². The molecule has 6 heteroatoms. The number of benzene rings is 1. The van der Waals surface area contributed by atoms with E-state index in [9.17, 15) is 4.79 Å². The minimum atomic E-state index is -0.529. The molecule has 0 aliphatic carbocycles. The average Bonchev–Trinajstić information content (AvgIpc) is 2.54. The molecule has 0 bridgehead atoms. The molecule has 1 aromatic carbocycles. The molecule has 1 aliphatic heterocycles. The predicted octanol–water partition coefficient (Wildman–Crippen LogP) is 1.65. The van der Waals surface area contributed by atoms with Gasteiger partial charge in [-0.2, -0.15) is 0 Å². The summed E-state index contributed by atoms with van der Waals surface area (Å²) in [6.45, 7) is 0. The Morgan fingerprint density at radius 1 is 1.33 bits per heavy atom. The van der Waals surface area contributed by atoms with E-state index in [-0.39, 0.29) is 5.91 Å². The molecule has 0 saturated heterocycles. The molecule has 2 heterocycles. The predicted molar refractivity (Wildman–Crippen MR) is 79.7 cm³/mol. The van der Waals surface area contributed by atoms with E-state index in [0.29, 0.717) is 11.3 Å². The van der Waals surface area contributed by atoms with Crippen molar-refractivity contribution in [3.63, 3.8) is 0 Å². The van der Waals surface area contributed by atoms with Gasteiger partial charge in [-0.1, -0.05) is 12.1 Å². The fourth-order valence-corrected chi connectivity index (χ4v) is 2.09. The zero-order valence-corrected chi connectivity index (χ0v) is 11.4. The smallest absolute Gasteiger partial charge is 0.258 e. The number of hydrogen-bond donors (Lipinski definition) is 2. The van der Waals surface area contributed by atoms with Gasteiger partial charge in [-0.15, -0.1) is 0 Å². The highest BCUT2D eigenvalue weighted by Crippen LogP contribution is 2.19. The summed E-state index contributed by atoms with van der Waals surface area (Å²) in [7, 11) is 1.53. The molecule has 1 atom stereocenters. The number of hydrogen-bond acceptors (Lipinski definition) is 5. The lowest BCUT2D eigenvalue weighted by Gasteiger charge is -2.22. The van der Waals surface area contributed by atoms with Crippen molar-refractivity contribution >= 4 is 17.8 Å². The number of aliphatic imine (C=N–C) groups is 1. The molecule has 1 amide bonds. The largest absolute Gasteiger partial charge is 0.496 e. The number of fused-ring (bicyclic) bond motifs is 1. The van der Waals surface area contributed by atoms with Gasteiger partial charge in [0.05, 0.1) is 24.6 Å². The van der Waals surface area contributed by atoms with Crippen LogP contribution >= 0.6 is 0 Å². The molecular formula is C15H14N4O2. The first kappa shape index (κ1) is 13.1. The van der Waals surface area contributed by atoms with Crippen LogP contribution < -0.4 is 15.4 Å². The van der Waals surface area contributed by atoms with E-state index in [1.54, 1.807) is 36.8 Å². The Morgan fingerprint density at radius 3 is 3.05 bits per heavy atom. The number of methoxy groups -OCH3 is 1. The summed E-state index contributed by atoms with van der Waals surface area (Å²) in [5, 5.41) is 5.90. The maximum atomic E-state index is 12.3. The van der Waals surface area contributed by atoms with Crippen LogP contribution in [0, 0.1) is 0 Å². The molecule has 0 fully saturated rings. The molecule has 2 N–H and O–H groups in total. The van der Waals surface area contributed by atoms with E-state index in [1.165, 1.54) is 7.11 Å². The van der Waals surface area contributed by atoms with Crippen LogP contribution in [0.15, 0.2) is 47.7 Å². The van der Waals surface area contributed by atoms with E-state index in [1.807, 2.05) is 12.1 Å². The summed E-state index contributed by atoms with van der Waals surface area (Å²) in [4.78, 5) is 20.6. The molecule has 106 valence electrons. The Hall–Kier alpha value is -2.89. The van der Waals surface area contributed by atoms with E-state index in [4.69, 9.17) is 4.74 Å². The Bertz CT molecular complexity index is 700. The van der Waals surface area contributed by atoms with Gasteiger partial charge in [0.1, 0.15) is 5.75 Å². The van der Waals surface area contributed by atoms with Crippen molar-refractivity contribution in [1.82, 2.24) is 10.3 Å². The van der Waals surface area contributed by atoms with Gasteiger partial charge >= 0.3 is 0 Å². The highest BCUT2D eigenvalue weighted by molar-refractivity contribution is 5.98. The lowest BCUT2D eigenvalue weighted by atomic mass is 10.2. The van der Waals surface area contributed by atoms with Gasteiger partial charge in [0.25, 0.3) is 5.91 Å². The molecule has 1 aliphatic rings. The molecule has 21 heavy (non-hydrogen) atoms. The van der Waals surface area contributed by atoms with Crippen molar-refractivity contribution < 1.29 is 9.53 Å². The van der Waals surface area contributed by atoms with Crippen LogP contribution in [0.4, 0.5) is 5.69 Å². The summed E-state index contributed by atoms with van der Waals surface area (Å²) in [6.07, 6.45) is 4.57. The second-order valence-electron chi connectivity index (χ2n) is 4.46. The molecule has 1 unspecified atom stereocenters. The van der Waals surface area contributed by atoms with Crippen molar-refractivity contribution in [3.8, 4) is 5.75 Å². The molecule has 0 radical (unpaired) electrons. The lowest BCUT2D eigenvalue weighted by Crippen LogP contribution is -2.40. The van der Waals surface area contributed by atoms with Gasteiger partial charge in [0.15, 0.2) is 6.29 Å². The summed E-state index contributed by atoms with van der Waals surface area (Å²) in [5.41, 5.74) is 2.24. The van der Waals surface area contributed by atoms with E-state index in [0.717, 1.165) is 11.3 Å². The third-order valence-electron chi connectivity index (χ3n) is 3.13. The Morgan fingerprint density at radius 2 is 2.19 bits per heavy atom. The van der Waals surface area contributed by atoms with Crippen LogP contribution in [-0.2, 0) is 0 Å². The van der Waals surface area contributed by atoms with Crippen LogP contribution in [0.3, 0.4) is 0 Å². The minimum absolute atomic E-state index is 0.255. The molecular weight excluding hydrogens is 268 g/mol. The number of para-hydroxylation sites is 1. The van der Waals surface area contributed by atoms with Gasteiger partial charge in [0.2, 0.25) is 0 Å². The first-order valence-corrected chi connectivity index (χ1v) is 6.45. The van der Waals surface area contributed by atoms with E-state index < -0.39 is 6.29 Å². The Kier molecular flexibility index (Phi) is 3.51. The zero-order chi connectivity index (χ0) is 14.7.